The average Bonchev–Trinajstić information content (AvgIpc) is 2.42. The third-order valence-corrected chi connectivity index (χ3v) is 6.01. The van der Waals surface area contributed by atoms with E-state index in [2.05, 4.69) is 23.9 Å². The normalized spacial score (nSPS) is 22.1. The first-order valence-electron chi connectivity index (χ1n) is 7.62. The van der Waals surface area contributed by atoms with Crippen molar-refractivity contribution in [3.05, 3.63) is 29.8 Å². The van der Waals surface area contributed by atoms with Crippen molar-refractivity contribution in [2.75, 3.05) is 7.05 Å². The number of nitrogens with one attached hydrogen (secondary N) is 2. The van der Waals surface area contributed by atoms with Gasteiger partial charge < -0.3 is 5.32 Å². The van der Waals surface area contributed by atoms with Crippen LogP contribution in [0.25, 0.3) is 0 Å². The Labute approximate surface area is 128 Å². The van der Waals surface area contributed by atoms with Crippen LogP contribution in [0, 0.1) is 5.41 Å². The van der Waals surface area contributed by atoms with Crippen molar-refractivity contribution in [3.8, 4) is 0 Å². The molecule has 0 bridgehead atoms. The standard InChI is InChI=1S/C16H26N2O2S/c1-16(2)11-7-6-10-15(16)18-21(19,20)14-9-5-4-8-13(14)12-17-3/h4-5,8-9,15,17-18H,6-7,10-12H2,1-3H3. The van der Waals surface area contributed by atoms with E-state index in [4.69, 9.17) is 0 Å². The molecule has 1 fully saturated rings. The van der Waals surface area contributed by atoms with Crippen molar-refractivity contribution in [2.45, 2.75) is 57.0 Å². The summed E-state index contributed by atoms with van der Waals surface area (Å²) in [5, 5.41) is 3.02. The van der Waals surface area contributed by atoms with Gasteiger partial charge in [-0.25, -0.2) is 13.1 Å². The second kappa shape index (κ2) is 6.46. The molecular formula is C16H26N2O2S. The highest BCUT2D eigenvalue weighted by molar-refractivity contribution is 7.89. The van der Waals surface area contributed by atoms with E-state index in [1.807, 2.05) is 19.2 Å². The molecule has 5 heteroatoms. The molecule has 1 aliphatic carbocycles. The average molecular weight is 310 g/mol. The van der Waals surface area contributed by atoms with Gasteiger partial charge in [0.2, 0.25) is 10.0 Å². The van der Waals surface area contributed by atoms with Gasteiger partial charge in [0.1, 0.15) is 0 Å². The van der Waals surface area contributed by atoms with E-state index in [-0.39, 0.29) is 11.5 Å². The largest absolute Gasteiger partial charge is 0.316 e. The van der Waals surface area contributed by atoms with Gasteiger partial charge in [0.15, 0.2) is 0 Å². The van der Waals surface area contributed by atoms with Gasteiger partial charge in [-0.15, -0.1) is 0 Å². The third-order valence-electron chi connectivity index (χ3n) is 4.43. The quantitative estimate of drug-likeness (QED) is 0.879. The van der Waals surface area contributed by atoms with Gasteiger partial charge in [0.25, 0.3) is 0 Å². The Morgan fingerprint density at radius 2 is 1.95 bits per heavy atom. The van der Waals surface area contributed by atoms with E-state index < -0.39 is 10.0 Å². The lowest BCUT2D eigenvalue weighted by Gasteiger charge is -2.38. The van der Waals surface area contributed by atoms with Crippen molar-refractivity contribution >= 4 is 10.0 Å². The summed E-state index contributed by atoms with van der Waals surface area (Å²) in [6.45, 7) is 4.85. The van der Waals surface area contributed by atoms with Crippen LogP contribution in [-0.4, -0.2) is 21.5 Å². The molecule has 118 valence electrons. The van der Waals surface area contributed by atoms with Gasteiger partial charge in [-0.1, -0.05) is 44.9 Å². The van der Waals surface area contributed by atoms with Gasteiger partial charge in [-0.2, -0.15) is 0 Å². The van der Waals surface area contributed by atoms with Crippen LogP contribution in [-0.2, 0) is 16.6 Å². The van der Waals surface area contributed by atoms with Crippen molar-refractivity contribution in [3.63, 3.8) is 0 Å². The molecule has 1 unspecified atom stereocenters. The van der Waals surface area contributed by atoms with E-state index >= 15 is 0 Å². The fourth-order valence-electron chi connectivity index (χ4n) is 3.07. The van der Waals surface area contributed by atoms with Crippen molar-refractivity contribution < 1.29 is 8.42 Å². The summed E-state index contributed by atoms with van der Waals surface area (Å²) >= 11 is 0. The Morgan fingerprint density at radius 1 is 1.24 bits per heavy atom. The zero-order valence-corrected chi connectivity index (χ0v) is 14.0. The highest BCUT2D eigenvalue weighted by Crippen LogP contribution is 2.36. The maximum absolute atomic E-state index is 12.7. The Balaban J connectivity index is 2.26. The minimum atomic E-state index is -3.47. The summed E-state index contributed by atoms with van der Waals surface area (Å²) in [7, 11) is -1.65. The first-order chi connectivity index (χ1) is 9.87. The first kappa shape index (κ1) is 16.5. The molecule has 0 spiro atoms. The predicted molar refractivity (Wildman–Crippen MR) is 85.6 cm³/mol. The second-order valence-corrected chi connectivity index (χ2v) is 8.23. The molecule has 1 aliphatic rings. The van der Waals surface area contributed by atoms with Gasteiger partial charge >= 0.3 is 0 Å². The Bertz CT molecular complexity index is 582. The Kier molecular flexibility index (Phi) is 5.07. The summed E-state index contributed by atoms with van der Waals surface area (Å²) in [4.78, 5) is 0.390. The summed E-state index contributed by atoms with van der Waals surface area (Å²) < 4.78 is 28.4. The fourth-order valence-corrected chi connectivity index (χ4v) is 4.75. The lowest BCUT2D eigenvalue weighted by molar-refractivity contribution is 0.188. The highest BCUT2D eigenvalue weighted by atomic mass is 32.2. The van der Waals surface area contributed by atoms with Gasteiger partial charge in [-0.3, -0.25) is 0 Å². The molecule has 1 aromatic rings. The van der Waals surface area contributed by atoms with Crippen LogP contribution in [0.15, 0.2) is 29.2 Å². The van der Waals surface area contributed by atoms with Crippen molar-refractivity contribution in [1.82, 2.24) is 10.0 Å². The molecule has 0 saturated heterocycles. The van der Waals surface area contributed by atoms with Gasteiger partial charge in [0, 0.05) is 12.6 Å². The molecule has 0 radical (unpaired) electrons. The number of sulfonamides is 1. The SMILES string of the molecule is CNCc1ccccc1S(=O)(=O)NC1CCCCC1(C)C. The van der Waals surface area contributed by atoms with E-state index in [0.717, 1.165) is 24.8 Å². The summed E-state index contributed by atoms with van der Waals surface area (Å²) in [5.41, 5.74) is 0.824. The molecule has 2 rings (SSSR count). The predicted octanol–water partition coefficient (Wildman–Crippen LogP) is 2.65. The van der Waals surface area contributed by atoms with Crippen LogP contribution in [0.4, 0.5) is 0 Å². The lowest BCUT2D eigenvalue weighted by Crippen LogP contribution is -2.46. The van der Waals surface area contributed by atoms with E-state index in [0.29, 0.717) is 11.4 Å². The molecule has 0 heterocycles. The molecular weight excluding hydrogens is 284 g/mol. The van der Waals surface area contributed by atoms with E-state index in [1.165, 1.54) is 6.42 Å². The minimum Gasteiger partial charge on any atom is -0.316 e. The maximum atomic E-state index is 12.7. The molecule has 1 aromatic carbocycles. The van der Waals surface area contributed by atoms with Crippen LogP contribution in [0.1, 0.15) is 45.1 Å². The third kappa shape index (κ3) is 3.84. The van der Waals surface area contributed by atoms with Crippen molar-refractivity contribution in [2.24, 2.45) is 5.41 Å². The maximum Gasteiger partial charge on any atom is 0.241 e. The smallest absolute Gasteiger partial charge is 0.241 e. The Hall–Kier alpha value is -0.910. The van der Waals surface area contributed by atoms with E-state index in [9.17, 15) is 8.42 Å². The van der Waals surface area contributed by atoms with Crippen LogP contribution >= 0.6 is 0 Å². The lowest BCUT2D eigenvalue weighted by atomic mass is 9.74. The second-order valence-electron chi connectivity index (χ2n) is 6.55. The van der Waals surface area contributed by atoms with Gasteiger partial charge in [-0.05, 0) is 36.9 Å². The molecule has 1 atom stereocenters. The molecule has 0 aliphatic heterocycles. The zero-order chi connectivity index (χ0) is 15.5. The fraction of sp³-hybridized carbons (Fsp3) is 0.625. The van der Waals surface area contributed by atoms with Crippen LogP contribution in [0.2, 0.25) is 0 Å². The van der Waals surface area contributed by atoms with Crippen LogP contribution in [0.5, 0.6) is 0 Å². The first-order valence-corrected chi connectivity index (χ1v) is 9.10. The minimum absolute atomic E-state index is 0.0129. The number of hydrogen-bond donors (Lipinski definition) is 2. The Morgan fingerprint density at radius 3 is 2.62 bits per heavy atom. The zero-order valence-electron chi connectivity index (χ0n) is 13.1. The summed E-state index contributed by atoms with van der Waals surface area (Å²) in [5.74, 6) is 0. The van der Waals surface area contributed by atoms with Crippen LogP contribution < -0.4 is 10.0 Å². The van der Waals surface area contributed by atoms with Crippen LogP contribution in [0.3, 0.4) is 0 Å². The number of benzene rings is 1. The number of hydrogen-bond acceptors (Lipinski definition) is 3. The number of rotatable bonds is 5. The molecule has 2 N–H and O–H groups in total. The highest BCUT2D eigenvalue weighted by Gasteiger charge is 2.35. The molecule has 1 saturated carbocycles. The van der Waals surface area contributed by atoms with Crippen molar-refractivity contribution in [1.29, 1.82) is 0 Å². The monoisotopic (exact) mass is 310 g/mol. The molecule has 0 amide bonds. The molecule has 4 nitrogen and oxygen atoms in total. The molecule has 21 heavy (non-hydrogen) atoms. The topological polar surface area (TPSA) is 58.2 Å². The summed E-state index contributed by atoms with van der Waals surface area (Å²) in [6, 6.07) is 7.21. The van der Waals surface area contributed by atoms with Gasteiger partial charge in [0.05, 0.1) is 4.90 Å². The van der Waals surface area contributed by atoms with E-state index in [1.54, 1.807) is 12.1 Å². The molecule has 0 aromatic heterocycles. The summed E-state index contributed by atoms with van der Waals surface area (Å²) in [6.07, 6.45) is 4.26.